The van der Waals surface area contributed by atoms with Crippen LogP contribution < -0.4 is 11.0 Å². The summed E-state index contributed by atoms with van der Waals surface area (Å²) >= 11 is 1.82. The molecule has 0 spiro atoms. The Morgan fingerprint density at radius 3 is 2.68 bits per heavy atom. The van der Waals surface area contributed by atoms with Gasteiger partial charge in [0, 0.05) is 16.0 Å². The van der Waals surface area contributed by atoms with Gasteiger partial charge in [-0.2, -0.15) is 10.4 Å². The summed E-state index contributed by atoms with van der Waals surface area (Å²) in [4.78, 5) is 20.5. The lowest BCUT2D eigenvalue weighted by Gasteiger charge is -2.07. The van der Waals surface area contributed by atoms with Crippen molar-refractivity contribution in [2.45, 2.75) is 37.5 Å². The summed E-state index contributed by atoms with van der Waals surface area (Å²) in [5.74, 6) is 1.26. The molecule has 2 N–H and O–H groups in total. The Bertz CT molecular complexity index is 1120. The first-order valence-corrected chi connectivity index (χ1v) is 11.3. The van der Waals surface area contributed by atoms with Crippen LogP contribution in [-0.2, 0) is 0 Å². The predicted octanol–water partition coefficient (Wildman–Crippen LogP) is 5.43. The van der Waals surface area contributed by atoms with Crippen LogP contribution in [0.3, 0.4) is 0 Å². The molecule has 3 aromatic rings. The Hall–Kier alpha value is -3.37. The van der Waals surface area contributed by atoms with Crippen LogP contribution in [0.2, 0.25) is 0 Å². The highest BCUT2D eigenvalue weighted by Crippen LogP contribution is 2.23. The van der Waals surface area contributed by atoms with E-state index in [9.17, 15) is 10.1 Å². The molecular weight excluding hydrogens is 406 g/mol. The number of hydrazone groups is 1. The maximum absolute atomic E-state index is 12.3. The summed E-state index contributed by atoms with van der Waals surface area (Å²) in [7, 11) is 0. The number of aromatic amines is 1. The van der Waals surface area contributed by atoms with Crippen LogP contribution in [0.15, 0.2) is 69.4 Å². The monoisotopic (exact) mass is 431 g/mol. The van der Waals surface area contributed by atoms with Gasteiger partial charge in [-0.3, -0.25) is 9.78 Å². The van der Waals surface area contributed by atoms with E-state index in [1.54, 1.807) is 6.21 Å². The van der Waals surface area contributed by atoms with Gasteiger partial charge in [0.2, 0.25) is 5.95 Å². The molecule has 31 heavy (non-hydrogen) atoms. The van der Waals surface area contributed by atoms with Gasteiger partial charge in [-0.25, -0.2) is 10.4 Å². The Labute approximate surface area is 186 Å². The van der Waals surface area contributed by atoms with Crippen molar-refractivity contribution >= 4 is 23.9 Å². The number of H-pyrrole nitrogens is 1. The summed E-state index contributed by atoms with van der Waals surface area (Å²) in [5.41, 5.74) is 4.28. The number of nitrogens with zero attached hydrogens (tertiary/aromatic N) is 3. The number of unbranched alkanes of at least 4 members (excludes halogenated alkanes) is 3. The van der Waals surface area contributed by atoms with Gasteiger partial charge >= 0.3 is 0 Å². The predicted molar refractivity (Wildman–Crippen MR) is 128 cm³/mol. The SMILES string of the molecule is CCCCCCSc1ccccc1C=NNc1nc(-c2ccccc2)c(C#N)c(=O)[nH]1. The molecule has 0 saturated heterocycles. The number of benzene rings is 2. The fraction of sp³-hybridized carbons (Fsp3) is 0.250. The van der Waals surface area contributed by atoms with Crippen LogP contribution in [0.5, 0.6) is 0 Å². The second-order valence-electron chi connectivity index (χ2n) is 6.93. The molecule has 158 valence electrons. The molecule has 1 aromatic heterocycles. The zero-order chi connectivity index (χ0) is 21.9. The highest BCUT2D eigenvalue weighted by Gasteiger charge is 2.12. The average Bonchev–Trinajstić information content (AvgIpc) is 2.80. The van der Waals surface area contributed by atoms with E-state index in [1.807, 2.05) is 66.4 Å². The molecule has 3 rings (SSSR count). The molecule has 7 heteroatoms. The van der Waals surface area contributed by atoms with Crippen molar-refractivity contribution < 1.29 is 0 Å². The lowest BCUT2D eigenvalue weighted by molar-refractivity contribution is 0.706. The number of hydrogen-bond donors (Lipinski definition) is 2. The molecule has 0 aliphatic rings. The van der Waals surface area contributed by atoms with Gasteiger partial charge in [-0.05, 0) is 18.2 Å². The third kappa shape index (κ3) is 6.30. The van der Waals surface area contributed by atoms with Crippen molar-refractivity contribution in [1.82, 2.24) is 9.97 Å². The third-order valence-corrected chi connectivity index (χ3v) is 5.80. The fourth-order valence-electron chi connectivity index (χ4n) is 3.03. The highest BCUT2D eigenvalue weighted by molar-refractivity contribution is 7.99. The van der Waals surface area contributed by atoms with Gasteiger partial charge in [0.05, 0.1) is 11.9 Å². The molecular formula is C24H25N5OS. The van der Waals surface area contributed by atoms with E-state index in [-0.39, 0.29) is 11.5 Å². The van der Waals surface area contributed by atoms with Crippen molar-refractivity contribution in [2.75, 3.05) is 11.2 Å². The Balaban J connectivity index is 1.74. The zero-order valence-corrected chi connectivity index (χ0v) is 18.3. The van der Waals surface area contributed by atoms with Crippen LogP contribution >= 0.6 is 11.8 Å². The summed E-state index contributed by atoms with van der Waals surface area (Å²) in [6, 6.07) is 19.2. The van der Waals surface area contributed by atoms with Crippen LogP contribution in [0, 0.1) is 11.3 Å². The molecule has 0 fully saturated rings. The van der Waals surface area contributed by atoms with Gasteiger partial charge in [-0.15, -0.1) is 11.8 Å². The van der Waals surface area contributed by atoms with E-state index >= 15 is 0 Å². The number of anilines is 1. The number of hydrogen-bond acceptors (Lipinski definition) is 6. The van der Waals surface area contributed by atoms with Crippen LogP contribution in [0.1, 0.15) is 43.7 Å². The van der Waals surface area contributed by atoms with Crippen LogP contribution in [-0.4, -0.2) is 21.9 Å². The van der Waals surface area contributed by atoms with Gasteiger partial charge < -0.3 is 0 Å². The molecule has 0 aliphatic heterocycles. The largest absolute Gasteiger partial charge is 0.290 e. The minimum atomic E-state index is -0.503. The summed E-state index contributed by atoms with van der Waals surface area (Å²) in [6.45, 7) is 2.21. The van der Waals surface area contributed by atoms with Gasteiger partial charge in [0.1, 0.15) is 11.6 Å². The zero-order valence-electron chi connectivity index (χ0n) is 17.5. The van der Waals surface area contributed by atoms with E-state index in [4.69, 9.17) is 0 Å². The van der Waals surface area contributed by atoms with E-state index in [1.165, 1.54) is 25.7 Å². The minimum absolute atomic E-state index is 0.0226. The van der Waals surface area contributed by atoms with E-state index in [0.29, 0.717) is 11.3 Å². The normalized spacial score (nSPS) is 10.8. The third-order valence-electron chi connectivity index (χ3n) is 4.63. The maximum Gasteiger partial charge on any atom is 0.270 e. The number of rotatable bonds is 10. The van der Waals surface area contributed by atoms with E-state index < -0.39 is 5.56 Å². The molecule has 0 amide bonds. The molecule has 0 bridgehead atoms. The van der Waals surface area contributed by atoms with Crippen molar-refractivity contribution in [3.63, 3.8) is 0 Å². The standard InChI is InChI=1S/C24H25N5OS/c1-2-3-4-10-15-31-21-14-9-8-13-19(21)17-26-29-24-27-22(18-11-6-5-7-12-18)20(16-25)23(30)28-24/h5-9,11-14,17H,2-4,10,15H2,1H3,(H2,27,28,29,30). The van der Waals surface area contributed by atoms with Crippen molar-refractivity contribution in [3.8, 4) is 17.3 Å². The van der Waals surface area contributed by atoms with Gasteiger partial charge in [-0.1, -0.05) is 74.7 Å². The highest BCUT2D eigenvalue weighted by atomic mass is 32.2. The smallest absolute Gasteiger partial charge is 0.270 e. The van der Waals surface area contributed by atoms with Crippen molar-refractivity contribution in [2.24, 2.45) is 5.10 Å². The number of nitrogens with one attached hydrogen (secondary N) is 2. The molecule has 0 atom stereocenters. The first-order valence-electron chi connectivity index (χ1n) is 10.3. The van der Waals surface area contributed by atoms with Gasteiger partial charge in [0.25, 0.3) is 5.56 Å². The molecule has 0 unspecified atom stereocenters. The Morgan fingerprint density at radius 2 is 1.90 bits per heavy atom. The van der Waals surface area contributed by atoms with E-state index in [0.717, 1.165) is 16.2 Å². The topological polar surface area (TPSA) is 93.9 Å². The summed E-state index contributed by atoms with van der Waals surface area (Å²) in [5, 5.41) is 13.6. The van der Waals surface area contributed by atoms with Crippen molar-refractivity contribution in [3.05, 3.63) is 76.1 Å². The van der Waals surface area contributed by atoms with Crippen LogP contribution in [0.4, 0.5) is 5.95 Å². The minimum Gasteiger partial charge on any atom is -0.290 e. The van der Waals surface area contributed by atoms with E-state index in [2.05, 4.69) is 33.5 Å². The maximum atomic E-state index is 12.3. The van der Waals surface area contributed by atoms with Gasteiger partial charge in [0.15, 0.2) is 0 Å². The molecule has 2 aromatic carbocycles. The van der Waals surface area contributed by atoms with Crippen LogP contribution in [0.25, 0.3) is 11.3 Å². The number of aromatic nitrogens is 2. The molecule has 0 aliphatic carbocycles. The quantitative estimate of drug-likeness (QED) is 0.193. The first kappa shape index (κ1) is 22.3. The summed E-state index contributed by atoms with van der Waals surface area (Å²) in [6.07, 6.45) is 6.67. The lowest BCUT2D eigenvalue weighted by Crippen LogP contribution is -2.16. The number of nitriles is 1. The Kier molecular flexibility index (Phi) is 8.44. The molecule has 1 heterocycles. The molecule has 6 nitrogen and oxygen atoms in total. The second-order valence-corrected chi connectivity index (χ2v) is 8.07. The lowest BCUT2D eigenvalue weighted by atomic mass is 10.1. The summed E-state index contributed by atoms with van der Waals surface area (Å²) < 4.78 is 0. The molecule has 0 radical (unpaired) electrons. The molecule has 0 saturated carbocycles. The Morgan fingerprint density at radius 1 is 1.13 bits per heavy atom. The average molecular weight is 432 g/mol. The first-order chi connectivity index (χ1) is 15.2. The number of thioether (sulfide) groups is 1. The second kappa shape index (κ2) is 11.7. The fourth-order valence-corrected chi connectivity index (χ4v) is 4.06. The van der Waals surface area contributed by atoms with Crippen molar-refractivity contribution in [1.29, 1.82) is 5.26 Å².